The lowest BCUT2D eigenvalue weighted by Crippen LogP contribution is -2.32. The van der Waals surface area contributed by atoms with E-state index in [4.69, 9.17) is 4.52 Å². The molecule has 3 aromatic rings. The van der Waals surface area contributed by atoms with Crippen LogP contribution in [-0.4, -0.2) is 24.2 Å². The van der Waals surface area contributed by atoms with Crippen molar-refractivity contribution in [1.29, 1.82) is 0 Å². The van der Waals surface area contributed by atoms with Crippen LogP contribution in [0.2, 0.25) is 0 Å². The number of hydrogen-bond donors (Lipinski definition) is 1. The van der Waals surface area contributed by atoms with E-state index in [0.717, 1.165) is 30.3 Å². The predicted molar refractivity (Wildman–Crippen MR) is 107 cm³/mol. The molecule has 5 nitrogen and oxygen atoms in total. The Balaban J connectivity index is 1.40. The lowest BCUT2D eigenvalue weighted by atomic mass is 9.99. The van der Waals surface area contributed by atoms with Gasteiger partial charge in [0.25, 0.3) is 5.91 Å². The van der Waals surface area contributed by atoms with Gasteiger partial charge >= 0.3 is 0 Å². The second-order valence-electron chi connectivity index (χ2n) is 7.11. The monoisotopic (exact) mass is 361 g/mol. The molecule has 0 atom stereocenters. The van der Waals surface area contributed by atoms with Crippen LogP contribution in [-0.2, 0) is 0 Å². The highest BCUT2D eigenvalue weighted by atomic mass is 16.5. The number of nitrogens with zero attached hydrogens (tertiary/aromatic N) is 2. The van der Waals surface area contributed by atoms with Crippen molar-refractivity contribution in [2.24, 2.45) is 5.92 Å². The number of aromatic nitrogens is 1. The fourth-order valence-corrected chi connectivity index (χ4v) is 3.34. The molecule has 0 radical (unpaired) electrons. The molecular formula is C22H23N3O2. The van der Waals surface area contributed by atoms with Crippen LogP contribution in [0.15, 0.2) is 65.2 Å². The average Bonchev–Trinajstić information content (AvgIpc) is 3.20. The largest absolute Gasteiger partial charge is 0.372 e. The van der Waals surface area contributed by atoms with Gasteiger partial charge in [-0.15, -0.1) is 0 Å². The Kier molecular flexibility index (Phi) is 4.92. The van der Waals surface area contributed by atoms with E-state index in [-0.39, 0.29) is 11.6 Å². The fraction of sp³-hybridized carbons (Fsp3) is 0.273. The van der Waals surface area contributed by atoms with Gasteiger partial charge in [0, 0.05) is 36.1 Å². The van der Waals surface area contributed by atoms with Crippen LogP contribution in [0, 0.1) is 5.92 Å². The minimum absolute atomic E-state index is 0.267. The number of piperidine rings is 1. The summed E-state index contributed by atoms with van der Waals surface area (Å²) < 4.78 is 5.30. The molecule has 1 saturated heterocycles. The normalized spacial score (nSPS) is 14.9. The summed E-state index contributed by atoms with van der Waals surface area (Å²) in [4.78, 5) is 14.8. The van der Waals surface area contributed by atoms with Crippen molar-refractivity contribution in [3.05, 3.63) is 66.4 Å². The van der Waals surface area contributed by atoms with Gasteiger partial charge in [0.15, 0.2) is 11.5 Å². The van der Waals surface area contributed by atoms with Crippen LogP contribution in [0.3, 0.4) is 0 Å². The molecule has 1 aliphatic heterocycles. The zero-order chi connectivity index (χ0) is 18.6. The summed E-state index contributed by atoms with van der Waals surface area (Å²) >= 11 is 0. The first kappa shape index (κ1) is 17.3. The standard InChI is InChI=1S/C22H23N3O2/c1-16-11-13-25(14-12-16)19-9-7-18(8-10-19)23-22(26)20-15-21(27-24-20)17-5-3-2-4-6-17/h2-10,15-16H,11-14H2,1H3,(H,23,26). The molecule has 1 aliphatic rings. The van der Waals surface area contributed by atoms with Crippen molar-refractivity contribution in [1.82, 2.24) is 5.16 Å². The quantitative estimate of drug-likeness (QED) is 0.723. The van der Waals surface area contributed by atoms with Crippen molar-refractivity contribution in [3.8, 4) is 11.3 Å². The topological polar surface area (TPSA) is 58.4 Å². The van der Waals surface area contributed by atoms with Crippen molar-refractivity contribution in [3.63, 3.8) is 0 Å². The van der Waals surface area contributed by atoms with Crippen LogP contribution in [0.4, 0.5) is 11.4 Å². The Labute approximate surface area is 159 Å². The molecule has 27 heavy (non-hydrogen) atoms. The van der Waals surface area contributed by atoms with Crippen molar-refractivity contribution in [2.45, 2.75) is 19.8 Å². The summed E-state index contributed by atoms with van der Waals surface area (Å²) in [6.45, 7) is 4.49. The Bertz CT molecular complexity index is 895. The minimum Gasteiger partial charge on any atom is -0.372 e. The number of carbonyl (C=O) groups excluding carboxylic acids is 1. The van der Waals surface area contributed by atoms with Crippen LogP contribution >= 0.6 is 0 Å². The van der Waals surface area contributed by atoms with Crippen molar-refractivity contribution in [2.75, 3.05) is 23.3 Å². The van der Waals surface area contributed by atoms with Gasteiger partial charge < -0.3 is 14.7 Å². The lowest BCUT2D eigenvalue weighted by molar-refractivity contribution is 0.101. The molecule has 2 heterocycles. The second kappa shape index (κ2) is 7.66. The van der Waals surface area contributed by atoms with Crippen LogP contribution in [0.25, 0.3) is 11.3 Å². The Morgan fingerprint density at radius 2 is 1.78 bits per heavy atom. The van der Waals surface area contributed by atoms with Gasteiger partial charge in [-0.2, -0.15) is 0 Å². The Morgan fingerprint density at radius 3 is 2.48 bits per heavy atom. The van der Waals surface area contributed by atoms with E-state index in [9.17, 15) is 4.79 Å². The van der Waals surface area contributed by atoms with Crippen LogP contribution in [0.5, 0.6) is 0 Å². The SMILES string of the molecule is CC1CCN(c2ccc(NC(=O)c3cc(-c4ccccc4)on3)cc2)CC1. The zero-order valence-corrected chi connectivity index (χ0v) is 15.4. The highest BCUT2D eigenvalue weighted by Gasteiger charge is 2.17. The van der Waals surface area contributed by atoms with E-state index in [1.807, 2.05) is 42.5 Å². The van der Waals surface area contributed by atoms with E-state index in [2.05, 4.69) is 34.4 Å². The van der Waals surface area contributed by atoms with E-state index < -0.39 is 0 Å². The Hall–Kier alpha value is -3.08. The second-order valence-corrected chi connectivity index (χ2v) is 7.11. The summed E-state index contributed by atoms with van der Waals surface area (Å²) in [5.41, 5.74) is 3.11. The van der Waals surface area contributed by atoms with Crippen LogP contribution < -0.4 is 10.2 Å². The van der Waals surface area contributed by atoms with Crippen molar-refractivity contribution >= 4 is 17.3 Å². The predicted octanol–water partition coefficient (Wildman–Crippen LogP) is 4.83. The summed E-state index contributed by atoms with van der Waals surface area (Å²) in [6.07, 6.45) is 2.46. The Morgan fingerprint density at radius 1 is 1.07 bits per heavy atom. The number of hydrogen-bond acceptors (Lipinski definition) is 4. The molecule has 2 aromatic carbocycles. The van der Waals surface area contributed by atoms with Gasteiger partial charge in [-0.3, -0.25) is 4.79 Å². The first-order valence-corrected chi connectivity index (χ1v) is 9.37. The molecule has 0 aliphatic carbocycles. The number of carbonyl (C=O) groups is 1. The van der Waals surface area contributed by atoms with Gasteiger partial charge in [0.2, 0.25) is 0 Å². The fourth-order valence-electron chi connectivity index (χ4n) is 3.34. The number of benzene rings is 2. The maximum absolute atomic E-state index is 12.4. The molecular weight excluding hydrogens is 338 g/mol. The smallest absolute Gasteiger partial charge is 0.277 e. The van der Waals surface area contributed by atoms with E-state index in [0.29, 0.717) is 5.76 Å². The maximum atomic E-state index is 12.4. The summed E-state index contributed by atoms with van der Waals surface area (Å²) in [7, 11) is 0. The molecule has 5 heteroatoms. The van der Waals surface area contributed by atoms with E-state index in [1.165, 1.54) is 18.5 Å². The highest BCUT2D eigenvalue weighted by molar-refractivity contribution is 6.03. The van der Waals surface area contributed by atoms with E-state index >= 15 is 0 Å². The van der Waals surface area contributed by atoms with Crippen molar-refractivity contribution < 1.29 is 9.32 Å². The molecule has 1 fully saturated rings. The van der Waals surface area contributed by atoms with Gasteiger partial charge in [0.05, 0.1) is 0 Å². The third kappa shape index (κ3) is 4.03. The van der Waals surface area contributed by atoms with Gasteiger partial charge in [-0.25, -0.2) is 0 Å². The highest BCUT2D eigenvalue weighted by Crippen LogP contribution is 2.25. The number of rotatable bonds is 4. The molecule has 0 bridgehead atoms. The van der Waals surface area contributed by atoms with Gasteiger partial charge in [-0.1, -0.05) is 42.4 Å². The summed E-state index contributed by atoms with van der Waals surface area (Å²) in [5.74, 6) is 1.11. The molecule has 0 spiro atoms. The molecule has 4 rings (SSSR count). The van der Waals surface area contributed by atoms with Crippen LogP contribution in [0.1, 0.15) is 30.3 Å². The lowest BCUT2D eigenvalue weighted by Gasteiger charge is -2.32. The van der Waals surface area contributed by atoms with Gasteiger partial charge in [-0.05, 0) is 43.0 Å². The maximum Gasteiger partial charge on any atom is 0.277 e. The molecule has 0 unspecified atom stereocenters. The molecule has 1 N–H and O–H groups in total. The summed E-state index contributed by atoms with van der Waals surface area (Å²) in [6, 6.07) is 19.3. The molecule has 0 saturated carbocycles. The third-order valence-electron chi connectivity index (χ3n) is 5.08. The van der Waals surface area contributed by atoms with Gasteiger partial charge in [0.1, 0.15) is 0 Å². The minimum atomic E-state index is -0.277. The van der Waals surface area contributed by atoms with E-state index in [1.54, 1.807) is 6.07 Å². The first-order chi connectivity index (χ1) is 13.2. The zero-order valence-electron chi connectivity index (χ0n) is 15.4. The molecule has 1 aromatic heterocycles. The first-order valence-electron chi connectivity index (χ1n) is 9.37. The number of nitrogens with one attached hydrogen (secondary N) is 1. The number of anilines is 2. The molecule has 138 valence electrons. The summed E-state index contributed by atoms with van der Waals surface area (Å²) in [5, 5.41) is 6.77. The average molecular weight is 361 g/mol. The number of amides is 1. The molecule has 1 amide bonds. The third-order valence-corrected chi connectivity index (χ3v) is 5.08.